The molecule has 0 spiro atoms. The van der Waals surface area contributed by atoms with Gasteiger partial charge < -0.3 is 25.4 Å². The van der Waals surface area contributed by atoms with Gasteiger partial charge in [-0.15, -0.1) is 0 Å². The fourth-order valence-corrected chi connectivity index (χ4v) is 4.55. The van der Waals surface area contributed by atoms with Gasteiger partial charge in [-0.2, -0.15) is 13.2 Å². The number of aromatic nitrogens is 1. The van der Waals surface area contributed by atoms with Crippen molar-refractivity contribution in [3.63, 3.8) is 0 Å². The summed E-state index contributed by atoms with van der Waals surface area (Å²) in [6.45, 7) is 0.240. The van der Waals surface area contributed by atoms with Crippen molar-refractivity contribution in [3.8, 4) is 11.1 Å². The third kappa shape index (κ3) is 13.1. The molecule has 51 heavy (non-hydrogen) atoms. The molecule has 1 aromatic heterocycles. The molecule has 2 atom stereocenters. The summed E-state index contributed by atoms with van der Waals surface area (Å²) in [6.07, 6.45) is -5.00. The molecule has 2 amide bonds. The lowest BCUT2D eigenvalue weighted by molar-refractivity contribution is -0.286. The number of hydrogen-bond donors (Lipinski definition) is 3. The third-order valence-electron chi connectivity index (χ3n) is 7.08. The summed E-state index contributed by atoms with van der Waals surface area (Å²) in [7, 11) is 0. The van der Waals surface area contributed by atoms with Crippen LogP contribution in [0.15, 0.2) is 109 Å². The number of alkyl halides is 3. The molecular weight excluding hydrogens is 673 g/mol. The molecular formula is C36H35F3N4O8. The Morgan fingerprint density at radius 1 is 0.765 bits per heavy atom. The Hall–Kier alpha value is -5.96. The topological polar surface area (TPSA) is 154 Å². The third-order valence-corrected chi connectivity index (χ3v) is 7.08. The number of amides is 2. The first-order valence-electron chi connectivity index (χ1n) is 15.7. The van der Waals surface area contributed by atoms with Crippen molar-refractivity contribution < 1.29 is 51.6 Å². The Labute approximate surface area is 291 Å². The first-order chi connectivity index (χ1) is 24.6. The van der Waals surface area contributed by atoms with Crippen LogP contribution in [0.4, 0.5) is 23.8 Å². The van der Waals surface area contributed by atoms with Crippen LogP contribution in [0.1, 0.15) is 30.0 Å². The van der Waals surface area contributed by atoms with E-state index in [1.165, 1.54) is 0 Å². The highest BCUT2D eigenvalue weighted by Crippen LogP contribution is 2.24. The number of nitrogens with one attached hydrogen (secondary N) is 3. The monoisotopic (exact) mass is 708 g/mol. The van der Waals surface area contributed by atoms with Gasteiger partial charge >= 0.3 is 24.2 Å². The number of hydrogen-bond acceptors (Lipinski definition) is 10. The molecule has 0 aliphatic heterocycles. The minimum absolute atomic E-state index is 0.00372. The lowest BCUT2D eigenvalue weighted by Crippen LogP contribution is -2.50. The standard InChI is InChI=1S/C36H35F3N4O8/c37-36(38,39)34(46)51-50-32(44)22-29(28-17-15-27(16-18-28)26-12-5-2-6-13-26)42-33(45)30(24-48-23-25-10-3-1-4-11-25)43-35(47)49-21-9-20-41-31-14-7-8-19-40-31/h1-8,10-19,29-30H,9,20-24H2,(H,40,41)(H,42,45)(H,43,47). The fraction of sp³-hybridized carbons (Fsp3) is 0.250. The predicted molar refractivity (Wildman–Crippen MR) is 177 cm³/mol. The molecule has 2 unspecified atom stereocenters. The number of nitrogens with zero attached hydrogens (tertiary/aromatic N) is 1. The summed E-state index contributed by atoms with van der Waals surface area (Å²) in [5.74, 6) is -4.27. The number of alkyl carbamates (subject to hydrolysis) is 1. The second-order valence-electron chi connectivity index (χ2n) is 10.9. The Morgan fingerprint density at radius 2 is 1.43 bits per heavy atom. The van der Waals surface area contributed by atoms with Gasteiger partial charge in [-0.25, -0.2) is 29.1 Å². The molecule has 268 valence electrons. The zero-order valence-corrected chi connectivity index (χ0v) is 27.1. The Bertz CT molecular complexity index is 1700. The Morgan fingerprint density at radius 3 is 2.10 bits per heavy atom. The van der Waals surface area contributed by atoms with Crippen LogP contribution in [-0.2, 0) is 40.2 Å². The van der Waals surface area contributed by atoms with E-state index in [9.17, 15) is 32.3 Å². The lowest BCUT2D eigenvalue weighted by atomic mass is 9.99. The highest BCUT2D eigenvalue weighted by atomic mass is 19.4. The van der Waals surface area contributed by atoms with Crippen LogP contribution in [-0.4, -0.2) is 60.9 Å². The number of rotatable bonds is 16. The number of anilines is 1. The van der Waals surface area contributed by atoms with Crippen molar-refractivity contribution in [3.05, 3.63) is 120 Å². The van der Waals surface area contributed by atoms with E-state index in [0.29, 0.717) is 24.3 Å². The summed E-state index contributed by atoms with van der Waals surface area (Å²) < 4.78 is 48.7. The van der Waals surface area contributed by atoms with Crippen LogP contribution in [0.5, 0.6) is 0 Å². The summed E-state index contributed by atoms with van der Waals surface area (Å²) in [6, 6.07) is 27.8. The van der Waals surface area contributed by atoms with Crippen LogP contribution in [0.25, 0.3) is 11.1 Å². The lowest BCUT2D eigenvalue weighted by Gasteiger charge is -2.23. The zero-order valence-electron chi connectivity index (χ0n) is 27.1. The van der Waals surface area contributed by atoms with Gasteiger partial charge in [-0.1, -0.05) is 91.0 Å². The molecule has 3 N–H and O–H groups in total. The first-order valence-corrected chi connectivity index (χ1v) is 15.7. The number of pyridine rings is 1. The Kier molecular flexibility index (Phi) is 14.3. The van der Waals surface area contributed by atoms with Gasteiger partial charge in [0.2, 0.25) is 5.91 Å². The van der Waals surface area contributed by atoms with Gasteiger partial charge in [-0.05, 0) is 40.8 Å². The molecule has 0 fully saturated rings. The molecule has 12 nitrogen and oxygen atoms in total. The van der Waals surface area contributed by atoms with Gasteiger partial charge in [0.15, 0.2) is 0 Å². The van der Waals surface area contributed by atoms with E-state index in [4.69, 9.17) is 9.47 Å². The smallest absolute Gasteiger partial charge is 0.449 e. The van der Waals surface area contributed by atoms with Crippen molar-refractivity contribution in [2.75, 3.05) is 25.1 Å². The molecule has 0 saturated heterocycles. The van der Waals surface area contributed by atoms with Gasteiger partial charge in [0.25, 0.3) is 0 Å². The highest BCUT2D eigenvalue weighted by molar-refractivity contribution is 5.86. The van der Waals surface area contributed by atoms with Crippen LogP contribution in [0.2, 0.25) is 0 Å². The van der Waals surface area contributed by atoms with Gasteiger partial charge in [0, 0.05) is 12.7 Å². The molecule has 1 heterocycles. The molecule has 0 aliphatic carbocycles. The van der Waals surface area contributed by atoms with E-state index >= 15 is 0 Å². The number of halogens is 3. The zero-order chi connectivity index (χ0) is 36.5. The minimum Gasteiger partial charge on any atom is -0.449 e. The number of carbonyl (C=O) groups is 4. The molecule has 3 aromatic carbocycles. The van der Waals surface area contributed by atoms with Crippen molar-refractivity contribution in [2.24, 2.45) is 0 Å². The summed E-state index contributed by atoms with van der Waals surface area (Å²) >= 11 is 0. The van der Waals surface area contributed by atoms with Crippen molar-refractivity contribution in [1.29, 1.82) is 0 Å². The van der Waals surface area contributed by atoms with E-state index in [-0.39, 0.29) is 19.8 Å². The second-order valence-corrected chi connectivity index (χ2v) is 10.9. The van der Waals surface area contributed by atoms with Crippen LogP contribution >= 0.6 is 0 Å². The van der Waals surface area contributed by atoms with E-state index in [0.717, 1.165) is 16.7 Å². The average molecular weight is 709 g/mol. The van der Waals surface area contributed by atoms with E-state index in [2.05, 4.69) is 30.7 Å². The maximum atomic E-state index is 13.6. The van der Waals surface area contributed by atoms with Crippen molar-refractivity contribution in [2.45, 2.75) is 37.7 Å². The average Bonchev–Trinajstić information content (AvgIpc) is 3.14. The SMILES string of the molecule is O=C(CC(NC(=O)C(COCc1ccccc1)NC(=O)OCCCNc1ccccn1)c1ccc(-c2ccccc2)cc1)OOC(=O)C(F)(F)F. The van der Waals surface area contributed by atoms with Gasteiger partial charge in [-0.3, -0.25) is 4.79 Å². The van der Waals surface area contributed by atoms with Crippen molar-refractivity contribution >= 4 is 29.8 Å². The van der Waals surface area contributed by atoms with E-state index < -0.39 is 48.6 Å². The van der Waals surface area contributed by atoms with Crippen LogP contribution in [0.3, 0.4) is 0 Å². The first kappa shape index (κ1) is 37.9. The predicted octanol–water partition coefficient (Wildman–Crippen LogP) is 5.67. The highest BCUT2D eigenvalue weighted by Gasteiger charge is 2.43. The molecule has 0 saturated carbocycles. The van der Waals surface area contributed by atoms with Crippen LogP contribution < -0.4 is 16.0 Å². The number of carbonyl (C=O) groups excluding carboxylic acids is 4. The fourth-order valence-electron chi connectivity index (χ4n) is 4.55. The molecule has 15 heteroatoms. The summed E-state index contributed by atoms with van der Waals surface area (Å²) in [5.41, 5.74) is 2.84. The number of benzene rings is 3. The largest absolute Gasteiger partial charge is 0.495 e. The van der Waals surface area contributed by atoms with Gasteiger partial charge in [0.1, 0.15) is 11.9 Å². The quantitative estimate of drug-likeness (QED) is 0.0754. The van der Waals surface area contributed by atoms with Crippen molar-refractivity contribution in [1.82, 2.24) is 15.6 Å². The Balaban J connectivity index is 1.44. The molecule has 0 aliphatic rings. The molecule has 4 aromatic rings. The molecule has 4 rings (SSSR count). The van der Waals surface area contributed by atoms with E-state index in [1.54, 1.807) is 54.7 Å². The normalized spacial score (nSPS) is 12.1. The minimum atomic E-state index is -5.40. The maximum Gasteiger partial charge on any atom is 0.495 e. The summed E-state index contributed by atoms with van der Waals surface area (Å²) in [4.78, 5) is 61.9. The second kappa shape index (κ2) is 19.3. The molecule has 0 radical (unpaired) electrons. The van der Waals surface area contributed by atoms with Crippen LogP contribution in [0, 0.1) is 0 Å². The molecule has 0 bridgehead atoms. The number of ether oxygens (including phenoxy) is 2. The van der Waals surface area contributed by atoms with Gasteiger partial charge in [0.05, 0.1) is 32.3 Å². The maximum absolute atomic E-state index is 13.6. The van der Waals surface area contributed by atoms with E-state index in [1.807, 2.05) is 54.6 Å². The summed E-state index contributed by atoms with van der Waals surface area (Å²) in [5, 5.41) is 8.17.